The second-order valence-corrected chi connectivity index (χ2v) is 8.34. The van der Waals surface area contributed by atoms with Crippen LogP contribution in [0.5, 0.6) is 0 Å². The van der Waals surface area contributed by atoms with Crippen molar-refractivity contribution in [2.75, 3.05) is 18.0 Å². The van der Waals surface area contributed by atoms with Gasteiger partial charge in [0, 0.05) is 23.1 Å². The van der Waals surface area contributed by atoms with Crippen molar-refractivity contribution in [3.63, 3.8) is 0 Å². The minimum Gasteiger partial charge on any atom is -0.372 e. The maximum absolute atomic E-state index is 13.5. The molecule has 8 heteroatoms. The molecule has 0 spiro atoms. The van der Waals surface area contributed by atoms with E-state index < -0.39 is 17.6 Å². The maximum Gasteiger partial charge on any atom is 0.282 e. The number of hydrogen-bond donors (Lipinski definition) is 0. The Balaban J connectivity index is 1.85. The summed E-state index contributed by atoms with van der Waals surface area (Å²) in [6.45, 7) is 4.73. The van der Waals surface area contributed by atoms with Crippen molar-refractivity contribution in [2.24, 2.45) is 0 Å². The summed E-state index contributed by atoms with van der Waals surface area (Å²) in [6.07, 6.45) is -0.235. The third-order valence-electron chi connectivity index (χ3n) is 5.03. The van der Waals surface area contributed by atoms with Crippen LogP contribution >= 0.6 is 23.2 Å². The molecule has 156 valence electrons. The molecule has 2 atom stereocenters. The lowest BCUT2D eigenvalue weighted by Gasteiger charge is -2.37. The second kappa shape index (κ2) is 8.02. The summed E-state index contributed by atoms with van der Waals surface area (Å²) >= 11 is 12.2. The molecule has 0 bridgehead atoms. The fraction of sp³-hybridized carbons (Fsp3) is 0.273. The summed E-state index contributed by atoms with van der Waals surface area (Å²) in [5.41, 5.74) is 1.24. The van der Waals surface area contributed by atoms with Gasteiger partial charge in [-0.3, -0.25) is 9.59 Å². The Bertz CT molecular complexity index is 1020. The van der Waals surface area contributed by atoms with E-state index in [9.17, 15) is 14.0 Å². The van der Waals surface area contributed by atoms with E-state index in [0.29, 0.717) is 28.7 Å². The Labute approximate surface area is 183 Å². The molecule has 2 unspecified atom stereocenters. The van der Waals surface area contributed by atoms with Crippen molar-refractivity contribution in [2.45, 2.75) is 26.1 Å². The normalized spacial score (nSPS) is 22.3. The quantitative estimate of drug-likeness (QED) is 0.647. The molecule has 2 aromatic carbocycles. The summed E-state index contributed by atoms with van der Waals surface area (Å²) in [6, 6.07) is 10.1. The smallest absolute Gasteiger partial charge is 0.282 e. The van der Waals surface area contributed by atoms with Gasteiger partial charge in [-0.25, -0.2) is 9.29 Å². The van der Waals surface area contributed by atoms with Gasteiger partial charge in [0.25, 0.3) is 11.8 Å². The largest absolute Gasteiger partial charge is 0.372 e. The molecule has 0 aliphatic carbocycles. The average Bonchev–Trinajstić information content (AvgIpc) is 2.91. The lowest BCUT2D eigenvalue weighted by molar-refractivity contribution is -0.121. The molecule has 1 fully saturated rings. The fourth-order valence-corrected chi connectivity index (χ4v) is 4.47. The first-order valence-corrected chi connectivity index (χ1v) is 10.3. The van der Waals surface area contributed by atoms with Crippen molar-refractivity contribution in [3.8, 4) is 0 Å². The first-order chi connectivity index (χ1) is 14.2. The molecule has 2 aliphatic heterocycles. The summed E-state index contributed by atoms with van der Waals surface area (Å²) in [5.74, 6) is -1.41. The number of ether oxygens (including phenoxy) is 1. The molecule has 30 heavy (non-hydrogen) atoms. The van der Waals surface area contributed by atoms with Crippen LogP contribution in [0.1, 0.15) is 19.4 Å². The van der Waals surface area contributed by atoms with E-state index in [1.54, 1.807) is 0 Å². The van der Waals surface area contributed by atoms with Crippen molar-refractivity contribution in [1.29, 1.82) is 0 Å². The summed E-state index contributed by atoms with van der Waals surface area (Å²) in [7, 11) is 0. The van der Waals surface area contributed by atoms with Crippen molar-refractivity contribution < 1.29 is 18.7 Å². The molecule has 2 aromatic rings. The predicted molar refractivity (Wildman–Crippen MR) is 114 cm³/mol. The molecular weight excluding hydrogens is 430 g/mol. The van der Waals surface area contributed by atoms with Gasteiger partial charge in [-0.05, 0) is 49.7 Å². The number of anilines is 1. The highest BCUT2D eigenvalue weighted by Crippen LogP contribution is 2.37. The van der Waals surface area contributed by atoms with Gasteiger partial charge in [-0.2, -0.15) is 0 Å². The molecule has 2 aliphatic rings. The van der Waals surface area contributed by atoms with Gasteiger partial charge >= 0.3 is 0 Å². The van der Waals surface area contributed by atoms with Crippen LogP contribution in [0.25, 0.3) is 5.57 Å². The van der Waals surface area contributed by atoms with Gasteiger partial charge in [0.2, 0.25) is 0 Å². The molecule has 5 nitrogen and oxygen atoms in total. The van der Waals surface area contributed by atoms with Crippen LogP contribution in [0.15, 0.2) is 48.2 Å². The van der Waals surface area contributed by atoms with Gasteiger partial charge < -0.3 is 9.64 Å². The van der Waals surface area contributed by atoms with Crippen LogP contribution in [0, 0.1) is 5.82 Å². The van der Waals surface area contributed by atoms with E-state index in [1.807, 2.05) is 18.7 Å². The number of halogens is 3. The zero-order valence-electron chi connectivity index (χ0n) is 16.4. The van der Waals surface area contributed by atoms with Crippen LogP contribution in [0.2, 0.25) is 10.0 Å². The summed E-state index contributed by atoms with van der Waals surface area (Å²) in [5, 5.41) is 0.618. The Kier molecular flexibility index (Phi) is 5.57. The zero-order chi connectivity index (χ0) is 21.6. The molecule has 2 amide bonds. The number of carbonyl (C=O) groups is 2. The number of morpholine rings is 1. The number of hydrogen-bond acceptors (Lipinski definition) is 4. The number of carbonyl (C=O) groups excluding carboxylic acids is 2. The first kappa shape index (κ1) is 20.8. The predicted octanol–water partition coefficient (Wildman–Crippen LogP) is 4.53. The average molecular weight is 449 g/mol. The lowest BCUT2D eigenvalue weighted by atomic mass is 10.0. The Morgan fingerprint density at radius 1 is 0.933 bits per heavy atom. The van der Waals surface area contributed by atoms with Crippen molar-refractivity contribution in [1.82, 2.24) is 4.90 Å². The highest BCUT2D eigenvalue weighted by molar-refractivity contribution is 6.46. The number of rotatable bonds is 3. The fourth-order valence-electron chi connectivity index (χ4n) is 3.95. The third kappa shape index (κ3) is 3.83. The molecule has 0 aromatic heterocycles. The Hall–Kier alpha value is -2.41. The molecule has 1 saturated heterocycles. The minimum absolute atomic E-state index is 0.117. The van der Waals surface area contributed by atoms with E-state index in [-0.39, 0.29) is 29.2 Å². The Morgan fingerprint density at radius 3 is 2.07 bits per heavy atom. The summed E-state index contributed by atoms with van der Waals surface area (Å²) < 4.78 is 19.3. The number of benzene rings is 2. The van der Waals surface area contributed by atoms with E-state index in [4.69, 9.17) is 27.9 Å². The van der Waals surface area contributed by atoms with E-state index in [0.717, 1.165) is 4.90 Å². The summed E-state index contributed by atoms with van der Waals surface area (Å²) in [4.78, 5) is 29.9. The first-order valence-electron chi connectivity index (χ1n) is 9.50. The zero-order valence-corrected chi connectivity index (χ0v) is 17.9. The van der Waals surface area contributed by atoms with Crippen LogP contribution in [0.3, 0.4) is 0 Å². The maximum atomic E-state index is 13.5. The Morgan fingerprint density at radius 2 is 1.50 bits per heavy atom. The third-order valence-corrected chi connectivity index (χ3v) is 5.47. The molecule has 0 saturated carbocycles. The van der Waals surface area contributed by atoms with Crippen LogP contribution < -0.4 is 4.90 Å². The molecule has 0 N–H and O–H groups in total. The lowest BCUT2D eigenvalue weighted by Crippen LogP contribution is -2.47. The minimum atomic E-state index is -0.508. The molecule has 4 rings (SSSR count). The second-order valence-electron chi connectivity index (χ2n) is 7.47. The van der Waals surface area contributed by atoms with Gasteiger partial charge in [0.15, 0.2) is 0 Å². The molecule has 2 heterocycles. The van der Waals surface area contributed by atoms with E-state index in [2.05, 4.69) is 0 Å². The van der Waals surface area contributed by atoms with Gasteiger partial charge in [0.05, 0.1) is 23.5 Å². The van der Waals surface area contributed by atoms with Gasteiger partial charge in [-0.15, -0.1) is 0 Å². The highest BCUT2D eigenvalue weighted by atomic mass is 35.5. The van der Waals surface area contributed by atoms with Crippen molar-refractivity contribution in [3.05, 3.63) is 69.6 Å². The standard InChI is InChI=1S/C22H19Cl2FN2O3/c1-12-10-26(11-13(2)30-12)20-19(14-3-5-17(25)6-4-14)21(28)27(22(20)29)18-8-15(23)7-16(24)9-18/h3-9,12-13H,10-11H2,1-2H3. The number of imide groups is 1. The van der Waals surface area contributed by atoms with Gasteiger partial charge in [-0.1, -0.05) is 35.3 Å². The topological polar surface area (TPSA) is 49.9 Å². The van der Waals surface area contributed by atoms with E-state index in [1.165, 1.54) is 42.5 Å². The van der Waals surface area contributed by atoms with Crippen LogP contribution in [-0.4, -0.2) is 42.0 Å². The number of nitrogens with zero attached hydrogens (tertiary/aromatic N) is 2. The monoisotopic (exact) mass is 448 g/mol. The molecular formula is C22H19Cl2FN2O3. The van der Waals surface area contributed by atoms with Crippen LogP contribution in [0.4, 0.5) is 10.1 Å². The van der Waals surface area contributed by atoms with Crippen molar-refractivity contribution >= 4 is 46.3 Å². The SMILES string of the molecule is CC1CN(C2=C(c3ccc(F)cc3)C(=O)N(c3cc(Cl)cc(Cl)c3)C2=O)CC(C)O1. The van der Waals surface area contributed by atoms with Gasteiger partial charge in [0.1, 0.15) is 11.5 Å². The highest BCUT2D eigenvalue weighted by Gasteiger charge is 2.44. The van der Waals surface area contributed by atoms with E-state index >= 15 is 0 Å². The number of amides is 2. The molecule has 0 radical (unpaired) electrons. The van der Waals surface area contributed by atoms with Crippen LogP contribution in [-0.2, 0) is 14.3 Å².